The van der Waals surface area contributed by atoms with Gasteiger partial charge < -0.3 is 47.4 Å². The molecule has 0 aromatic heterocycles. The molecule has 1 saturated heterocycles. The van der Waals surface area contributed by atoms with Crippen LogP contribution in [0.4, 0.5) is 0 Å². The van der Waals surface area contributed by atoms with Gasteiger partial charge in [-0.15, -0.1) is 0 Å². The standard InChI is InChI=1S/C20H38O11/c1-6-22-11-27-17-16(10-26-15(5)21)31-20(30-14-25-9-4)19(29-13-24-8-3)18(17)28-12-23-7-2/h16-20H,6-14H2,1-5H3/t16-,17-,18+,19+,20+/m1/s1. The zero-order chi connectivity index (χ0) is 22.9. The molecule has 0 amide bonds. The Kier molecular flexibility index (Phi) is 16.0. The average Bonchev–Trinajstić information content (AvgIpc) is 2.75. The van der Waals surface area contributed by atoms with E-state index in [1.165, 1.54) is 6.92 Å². The zero-order valence-electron chi connectivity index (χ0n) is 19.2. The second-order valence-electron chi connectivity index (χ2n) is 6.35. The molecule has 0 N–H and O–H groups in total. The Balaban J connectivity index is 3.08. The van der Waals surface area contributed by atoms with Gasteiger partial charge in [-0.3, -0.25) is 4.79 Å². The van der Waals surface area contributed by atoms with Crippen molar-refractivity contribution in [2.24, 2.45) is 0 Å². The van der Waals surface area contributed by atoms with Crippen molar-refractivity contribution in [2.75, 3.05) is 60.2 Å². The monoisotopic (exact) mass is 454 g/mol. The summed E-state index contributed by atoms with van der Waals surface area (Å²) in [4.78, 5) is 11.4. The number of hydrogen-bond donors (Lipinski definition) is 0. The van der Waals surface area contributed by atoms with Crippen LogP contribution in [0.25, 0.3) is 0 Å². The van der Waals surface area contributed by atoms with Gasteiger partial charge in [0.15, 0.2) is 6.29 Å². The van der Waals surface area contributed by atoms with Gasteiger partial charge in [-0.05, 0) is 27.7 Å². The van der Waals surface area contributed by atoms with Gasteiger partial charge in [0.05, 0.1) is 0 Å². The molecule has 31 heavy (non-hydrogen) atoms. The van der Waals surface area contributed by atoms with Crippen LogP contribution in [0, 0.1) is 0 Å². The Morgan fingerprint density at radius 2 is 1.13 bits per heavy atom. The van der Waals surface area contributed by atoms with E-state index in [0.29, 0.717) is 26.4 Å². The summed E-state index contributed by atoms with van der Waals surface area (Å²) in [6.07, 6.45) is -3.69. The number of hydrogen-bond acceptors (Lipinski definition) is 11. The summed E-state index contributed by atoms with van der Waals surface area (Å²) < 4.78 is 56.0. The first-order valence-electron chi connectivity index (χ1n) is 10.6. The molecular weight excluding hydrogens is 416 g/mol. The number of carbonyl (C=O) groups is 1. The smallest absolute Gasteiger partial charge is 0.302 e. The molecular formula is C20H38O11. The molecule has 0 bridgehead atoms. The van der Waals surface area contributed by atoms with Gasteiger partial charge >= 0.3 is 5.97 Å². The number of esters is 1. The molecule has 184 valence electrons. The van der Waals surface area contributed by atoms with E-state index in [9.17, 15) is 4.79 Å². The van der Waals surface area contributed by atoms with Gasteiger partial charge in [0, 0.05) is 33.4 Å². The predicted octanol–water partition coefficient (Wildman–Crippen LogP) is 1.42. The lowest BCUT2D eigenvalue weighted by Crippen LogP contribution is -2.62. The van der Waals surface area contributed by atoms with E-state index >= 15 is 0 Å². The molecule has 5 atom stereocenters. The van der Waals surface area contributed by atoms with E-state index in [1.807, 2.05) is 27.7 Å². The van der Waals surface area contributed by atoms with Gasteiger partial charge in [-0.25, -0.2) is 0 Å². The van der Waals surface area contributed by atoms with E-state index in [-0.39, 0.29) is 33.8 Å². The number of ether oxygens (including phenoxy) is 10. The van der Waals surface area contributed by atoms with E-state index in [4.69, 9.17) is 47.4 Å². The minimum absolute atomic E-state index is 0.000307. The minimum Gasteiger partial charge on any atom is -0.463 e. The van der Waals surface area contributed by atoms with Crippen molar-refractivity contribution < 1.29 is 52.2 Å². The molecule has 0 unspecified atom stereocenters. The van der Waals surface area contributed by atoms with Crippen LogP contribution in [0.3, 0.4) is 0 Å². The number of rotatable bonds is 18. The van der Waals surface area contributed by atoms with Crippen LogP contribution < -0.4 is 0 Å². The van der Waals surface area contributed by atoms with Gasteiger partial charge in [0.25, 0.3) is 0 Å². The Bertz CT molecular complexity index is 451. The summed E-state index contributed by atoms with van der Waals surface area (Å²) in [5.41, 5.74) is 0. The molecule has 1 aliphatic rings. The highest BCUT2D eigenvalue weighted by Gasteiger charge is 2.49. The van der Waals surface area contributed by atoms with Crippen LogP contribution in [0.2, 0.25) is 0 Å². The fraction of sp³-hybridized carbons (Fsp3) is 0.950. The van der Waals surface area contributed by atoms with Gasteiger partial charge in [-0.1, -0.05) is 0 Å². The summed E-state index contributed by atoms with van der Waals surface area (Å²) in [5, 5.41) is 0. The molecule has 0 aliphatic carbocycles. The van der Waals surface area contributed by atoms with Gasteiger partial charge in [-0.2, -0.15) is 0 Å². The molecule has 1 fully saturated rings. The highest BCUT2D eigenvalue weighted by Crippen LogP contribution is 2.29. The quantitative estimate of drug-likeness (QED) is 0.170. The summed E-state index contributed by atoms with van der Waals surface area (Å²) >= 11 is 0. The summed E-state index contributed by atoms with van der Waals surface area (Å²) in [5.74, 6) is -0.444. The number of carbonyl (C=O) groups excluding carboxylic acids is 1. The van der Waals surface area contributed by atoms with E-state index < -0.39 is 36.7 Å². The zero-order valence-corrected chi connectivity index (χ0v) is 19.2. The van der Waals surface area contributed by atoms with Crippen LogP contribution in [0.15, 0.2) is 0 Å². The average molecular weight is 455 g/mol. The topological polar surface area (TPSA) is 109 Å². The summed E-state index contributed by atoms with van der Waals surface area (Å²) in [7, 11) is 0. The maximum absolute atomic E-state index is 11.4. The van der Waals surface area contributed by atoms with E-state index in [0.717, 1.165) is 0 Å². The lowest BCUT2D eigenvalue weighted by atomic mass is 9.98. The third-order valence-electron chi connectivity index (χ3n) is 4.21. The fourth-order valence-corrected chi connectivity index (χ4v) is 2.74. The second-order valence-corrected chi connectivity index (χ2v) is 6.35. The first kappa shape index (κ1) is 28.1. The summed E-state index contributed by atoms with van der Waals surface area (Å²) in [6.45, 7) is 10.5. The van der Waals surface area contributed by atoms with Crippen molar-refractivity contribution in [3.63, 3.8) is 0 Å². The van der Waals surface area contributed by atoms with Crippen LogP contribution in [-0.4, -0.2) is 96.9 Å². The first-order chi connectivity index (χ1) is 15.1. The third kappa shape index (κ3) is 11.0. The highest BCUT2D eigenvalue weighted by molar-refractivity contribution is 5.65. The van der Waals surface area contributed by atoms with Crippen molar-refractivity contribution in [1.29, 1.82) is 0 Å². The Hall–Kier alpha value is -0.890. The van der Waals surface area contributed by atoms with Gasteiger partial charge in [0.1, 0.15) is 58.2 Å². The minimum atomic E-state index is -0.883. The molecule has 1 heterocycles. The lowest BCUT2D eigenvalue weighted by Gasteiger charge is -2.45. The van der Waals surface area contributed by atoms with Crippen LogP contribution in [0.5, 0.6) is 0 Å². The van der Waals surface area contributed by atoms with Crippen molar-refractivity contribution >= 4 is 5.97 Å². The molecule has 11 heteroatoms. The predicted molar refractivity (Wildman–Crippen MR) is 107 cm³/mol. The van der Waals surface area contributed by atoms with Crippen LogP contribution in [0.1, 0.15) is 34.6 Å². The molecule has 1 aliphatic heterocycles. The second kappa shape index (κ2) is 17.6. The van der Waals surface area contributed by atoms with Gasteiger partial charge in [0.2, 0.25) is 0 Å². The first-order valence-corrected chi connectivity index (χ1v) is 10.6. The van der Waals surface area contributed by atoms with E-state index in [2.05, 4.69) is 0 Å². The van der Waals surface area contributed by atoms with Crippen molar-refractivity contribution in [3.05, 3.63) is 0 Å². The molecule has 0 aromatic carbocycles. The molecule has 0 radical (unpaired) electrons. The molecule has 0 aromatic rings. The Labute approximate surface area is 184 Å². The SMILES string of the molecule is CCOCO[C@H]1O[C@H](COC(C)=O)[C@@H](OCOCC)[C@H](OCOCC)[C@@H]1OCOCC. The summed E-state index contributed by atoms with van der Waals surface area (Å²) in [6, 6.07) is 0. The fourth-order valence-electron chi connectivity index (χ4n) is 2.74. The maximum Gasteiger partial charge on any atom is 0.302 e. The van der Waals surface area contributed by atoms with Crippen LogP contribution >= 0.6 is 0 Å². The highest BCUT2D eigenvalue weighted by atomic mass is 16.8. The molecule has 0 spiro atoms. The Morgan fingerprint density at radius 3 is 1.61 bits per heavy atom. The lowest BCUT2D eigenvalue weighted by molar-refractivity contribution is -0.352. The van der Waals surface area contributed by atoms with E-state index in [1.54, 1.807) is 0 Å². The van der Waals surface area contributed by atoms with Crippen molar-refractivity contribution in [2.45, 2.75) is 65.3 Å². The van der Waals surface area contributed by atoms with Crippen molar-refractivity contribution in [3.8, 4) is 0 Å². The molecule has 0 saturated carbocycles. The third-order valence-corrected chi connectivity index (χ3v) is 4.21. The maximum atomic E-state index is 11.4. The van der Waals surface area contributed by atoms with Crippen LogP contribution in [-0.2, 0) is 52.2 Å². The van der Waals surface area contributed by atoms with Crippen molar-refractivity contribution in [1.82, 2.24) is 0 Å². The Morgan fingerprint density at radius 1 is 0.677 bits per heavy atom. The molecule has 1 rings (SSSR count). The normalized spacial score (nSPS) is 26.2. The largest absolute Gasteiger partial charge is 0.463 e. The molecule has 11 nitrogen and oxygen atoms in total.